The fourth-order valence-electron chi connectivity index (χ4n) is 4.50. The van der Waals surface area contributed by atoms with E-state index in [4.69, 9.17) is 23.7 Å². The maximum absolute atomic E-state index is 13.4. The zero-order chi connectivity index (χ0) is 21.2. The van der Waals surface area contributed by atoms with Gasteiger partial charge >= 0.3 is 11.9 Å². The zero-order valence-electron chi connectivity index (χ0n) is 16.0. The molecule has 0 aliphatic carbocycles. The summed E-state index contributed by atoms with van der Waals surface area (Å²) in [4.78, 5) is 50.9. The normalized spacial score (nSPS) is 30.2. The van der Waals surface area contributed by atoms with E-state index in [9.17, 15) is 19.2 Å². The van der Waals surface area contributed by atoms with Gasteiger partial charge in [0.05, 0.1) is 23.6 Å². The Morgan fingerprint density at radius 1 is 1.10 bits per heavy atom. The summed E-state index contributed by atoms with van der Waals surface area (Å²) in [5.41, 5.74) is -1.25. The van der Waals surface area contributed by atoms with E-state index < -0.39 is 53.6 Å². The molecule has 4 aliphatic rings. The highest BCUT2D eigenvalue weighted by molar-refractivity contribution is 6.23. The second kappa shape index (κ2) is 6.30. The van der Waals surface area contributed by atoms with Crippen LogP contribution in [-0.4, -0.2) is 48.5 Å². The number of rotatable bonds is 4. The first-order valence-electron chi connectivity index (χ1n) is 9.31. The van der Waals surface area contributed by atoms with Crippen molar-refractivity contribution in [2.24, 2.45) is 11.8 Å². The van der Waals surface area contributed by atoms with Crippen molar-refractivity contribution in [1.29, 1.82) is 0 Å². The molecule has 0 N–H and O–H groups in total. The summed E-state index contributed by atoms with van der Waals surface area (Å²) in [7, 11) is 0. The van der Waals surface area contributed by atoms with Crippen molar-refractivity contribution in [2.45, 2.75) is 31.8 Å². The molecule has 2 amide bonds. The summed E-state index contributed by atoms with van der Waals surface area (Å²) in [6.45, 7) is 2.36. The summed E-state index contributed by atoms with van der Waals surface area (Å²) in [5.74, 6) is -3.34. The van der Waals surface area contributed by atoms with Gasteiger partial charge < -0.3 is 23.7 Å². The van der Waals surface area contributed by atoms with E-state index >= 15 is 0 Å². The van der Waals surface area contributed by atoms with Crippen molar-refractivity contribution < 1.29 is 42.9 Å². The van der Waals surface area contributed by atoms with Crippen molar-refractivity contribution >= 4 is 29.4 Å². The van der Waals surface area contributed by atoms with E-state index in [0.717, 1.165) is 18.7 Å². The maximum atomic E-state index is 13.4. The number of hydrogen-bond donors (Lipinski definition) is 0. The number of carbonyl (C=O) groups is 4. The number of nitrogens with zero attached hydrogens (tertiary/aromatic N) is 1. The number of anilines is 1. The average Bonchev–Trinajstić information content (AvgIpc) is 3.43. The zero-order valence-corrected chi connectivity index (χ0v) is 16.0. The first-order chi connectivity index (χ1) is 14.3. The van der Waals surface area contributed by atoms with Gasteiger partial charge in [0.1, 0.15) is 0 Å². The van der Waals surface area contributed by atoms with Gasteiger partial charge in [-0.25, -0.2) is 4.90 Å². The molecule has 30 heavy (non-hydrogen) atoms. The molecule has 0 radical (unpaired) electrons. The molecule has 10 heteroatoms. The predicted octanol–water partition coefficient (Wildman–Crippen LogP) is 0.681. The topological polar surface area (TPSA) is 118 Å². The minimum absolute atomic E-state index is 0.0569. The minimum atomic E-state index is -1.58. The number of amides is 2. The van der Waals surface area contributed by atoms with E-state index in [-0.39, 0.29) is 6.79 Å². The van der Waals surface area contributed by atoms with Crippen molar-refractivity contribution in [3.05, 3.63) is 30.4 Å². The Bertz CT molecular complexity index is 1000. The smallest absolute Gasteiger partial charge is 0.305 e. The molecule has 10 nitrogen and oxygen atoms in total. The molecule has 4 atom stereocenters. The van der Waals surface area contributed by atoms with E-state index in [1.54, 1.807) is 24.3 Å². The molecule has 0 unspecified atom stereocenters. The Balaban J connectivity index is 1.53. The molecule has 2 bridgehead atoms. The van der Waals surface area contributed by atoms with Gasteiger partial charge in [0.25, 0.3) is 6.29 Å². The molecular weight excluding hydrogens is 398 g/mol. The molecule has 0 aromatic heterocycles. The lowest BCUT2D eigenvalue weighted by Crippen LogP contribution is -2.52. The Morgan fingerprint density at radius 3 is 2.50 bits per heavy atom. The van der Waals surface area contributed by atoms with Crippen molar-refractivity contribution in [2.75, 3.05) is 11.7 Å². The number of benzene rings is 1. The average molecular weight is 415 g/mol. The highest BCUT2D eigenvalue weighted by Crippen LogP contribution is 2.55. The van der Waals surface area contributed by atoms with Gasteiger partial charge in [-0.3, -0.25) is 19.2 Å². The third-order valence-electron chi connectivity index (χ3n) is 5.61. The number of imide groups is 1. The number of carbonyl (C=O) groups excluding carboxylic acids is 4. The van der Waals surface area contributed by atoms with Gasteiger partial charge in [0, 0.05) is 19.9 Å². The van der Waals surface area contributed by atoms with Crippen LogP contribution in [0.1, 0.15) is 13.8 Å². The fraction of sp³-hybridized carbons (Fsp3) is 0.400. The third-order valence-corrected chi connectivity index (χ3v) is 5.61. The highest BCUT2D eigenvalue weighted by Gasteiger charge is 2.72. The molecule has 156 valence electrons. The van der Waals surface area contributed by atoms with Crippen molar-refractivity contribution in [3.63, 3.8) is 0 Å². The van der Waals surface area contributed by atoms with Crippen LogP contribution < -0.4 is 14.4 Å². The molecular formula is C20H17NO9. The van der Waals surface area contributed by atoms with Gasteiger partial charge in [0.15, 0.2) is 17.1 Å². The summed E-state index contributed by atoms with van der Waals surface area (Å²) in [6, 6.07) is 4.76. The summed E-state index contributed by atoms with van der Waals surface area (Å²) in [6.07, 6.45) is 0.940. The molecule has 4 aliphatic heterocycles. The van der Waals surface area contributed by atoms with Crippen LogP contribution in [0.2, 0.25) is 0 Å². The summed E-state index contributed by atoms with van der Waals surface area (Å²) < 4.78 is 26.9. The van der Waals surface area contributed by atoms with Crippen LogP contribution in [0.5, 0.6) is 11.5 Å². The van der Waals surface area contributed by atoms with E-state index in [0.29, 0.717) is 17.2 Å². The van der Waals surface area contributed by atoms with Crippen LogP contribution in [0.3, 0.4) is 0 Å². The Hall–Kier alpha value is -3.40. The largest absolute Gasteiger partial charge is 0.454 e. The van der Waals surface area contributed by atoms with Crippen molar-refractivity contribution in [3.8, 4) is 11.5 Å². The highest BCUT2D eigenvalue weighted by atomic mass is 16.7. The second-order valence-electron chi connectivity index (χ2n) is 7.40. The van der Waals surface area contributed by atoms with E-state index in [2.05, 4.69) is 0 Å². The number of ether oxygens (including phenoxy) is 5. The first kappa shape index (κ1) is 18.6. The second-order valence-corrected chi connectivity index (χ2v) is 7.40. The van der Waals surface area contributed by atoms with Crippen LogP contribution in [0.15, 0.2) is 30.4 Å². The van der Waals surface area contributed by atoms with Crippen LogP contribution in [0.25, 0.3) is 0 Å². The Labute approximate surface area is 170 Å². The Morgan fingerprint density at radius 2 is 1.80 bits per heavy atom. The van der Waals surface area contributed by atoms with Gasteiger partial charge in [-0.05, 0) is 18.2 Å². The van der Waals surface area contributed by atoms with Gasteiger partial charge in [0.2, 0.25) is 18.6 Å². The lowest BCUT2D eigenvalue weighted by atomic mass is 9.76. The third kappa shape index (κ3) is 2.46. The van der Waals surface area contributed by atoms with Gasteiger partial charge in [-0.2, -0.15) is 0 Å². The molecule has 4 heterocycles. The predicted molar refractivity (Wildman–Crippen MR) is 96.1 cm³/mol. The minimum Gasteiger partial charge on any atom is -0.454 e. The van der Waals surface area contributed by atoms with Crippen LogP contribution in [0, 0.1) is 11.8 Å². The van der Waals surface area contributed by atoms with E-state index in [1.165, 1.54) is 6.08 Å². The molecule has 5 rings (SSSR count). The van der Waals surface area contributed by atoms with Crippen LogP contribution in [-0.2, 0) is 33.4 Å². The summed E-state index contributed by atoms with van der Waals surface area (Å²) in [5, 5.41) is 0. The van der Waals surface area contributed by atoms with E-state index in [1.807, 2.05) is 0 Å². The Kier molecular flexibility index (Phi) is 3.91. The lowest BCUT2D eigenvalue weighted by molar-refractivity contribution is -0.226. The summed E-state index contributed by atoms with van der Waals surface area (Å²) >= 11 is 0. The first-order valence-corrected chi connectivity index (χ1v) is 9.31. The van der Waals surface area contributed by atoms with Gasteiger partial charge in [-0.1, -0.05) is 6.08 Å². The number of hydrogen-bond acceptors (Lipinski definition) is 9. The van der Waals surface area contributed by atoms with Gasteiger partial charge in [-0.15, -0.1) is 0 Å². The molecule has 1 aromatic rings. The van der Waals surface area contributed by atoms with Crippen molar-refractivity contribution in [1.82, 2.24) is 0 Å². The lowest BCUT2D eigenvalue weighted by Gasteiger charge is -2.34. The molecule has 0 saturated carbocycles. The van der Waals surface area contributed by atoms with Crippen LogP contribution in [0.4, 0.5) is 5.69 Å². The molecule has 0 spiro atoms. The molecule has 1 aromatic carbocycles. The fourth-order valence-corrected chi connectivity index (χ4v) is 4.50. The molecule has 2 saturated heterocycles. The quantitative estimate of drug-likeness (QED) is 0.303. The maximum Gasteiger partial charge on any atom is 0.305 e. The number of fused-ring (bicyclic) bond motifs is 6. The van der Waals surface area contributed by atoms with Crippen LogP contribution >= 0.6 is 0 Å². The monoisotopic (exact) mass is 415 g/mol. The molecule has 2 fully saturated rings. The SMILES string of the molecule is CC(=O)OC(OC(C)=O)[C@@]12C=C[C@@H](O1)[C@@H]1C(=O)N(c3ccc4c(c3)OCO4)C(=O)[C@@H]12. The standard InChI is InChI=1S/C20H17NO9/c1-9(22)28-19(29-10(2)23)20-6-5-13(30-20)15-16(20)18(25)21(17(15)24)11-3-4-12-14(7-11)27-8-26-12/h3-7,13,15-16,19H,8H2,1-2H3/t13-,15+,16-,20+/m1/s1. The number of esters is 2.